The van der Waals surface area contributed by atoms with Crippen molar-refractivity contribution in [1.29, 1.82) is 0 Å². The molecule has 1 saturated heterocycles. The number of β-amino-alcohol motifs (C(OH)–C–C–N with tert-alkyl or cyclic N) is 1. The van der Waals surface area contributed by atoms with Gasteiger partial charge in [0.2, 0.25) is 5.91 Å². The third-order valence-electron chi connectivity index (χ3n) is 3.11. The smallest absolute Gasteiger partial charge is 0.237 e. The maximum atomic E-state index is 13.4. The Morgan fingerprint density at radius 1 is 1.60 bits per heavy atom. The average Bonchev–Trinajstić information content (AvgIpc) is 2.83. The van der Waals surface area contributed by atoms with E-state index in [9.17, 15) is 14.3 Å². The molecule has 7 heteroatoms. The third kappa shape index (κ3) is 4.06. The maximum absolute atomic E-state index is 13.4. The number of nitrogens with one attached hydrogen (secondary N) is 2. The van der Waals surface area contributed by atoms with Gasteiger partial charge in [-0.15, -0.1) is 12.4 Å². The van der Waals surface area contributed by atoms with Gasteiger partial charge in [-0.2, -0.15) is 0 Å². The van der Waals surface area contributed by atoms with Gasteiger partial charge in [0.05, 0.1) is 19.3 Å². The van der Waals surface area contributed by atoms with Crippen LogP contribution in [0.2, 0.25) is 0 Å². The lowest BCUT2D eigenvalue weighted by atomic mass is 10.1. The van der Waals surface area contributed by atoms with Crippen LogP contribution in [0.1, 0.15) is 12.0 Å². The first-order chi connectivity index (χ1) is 9.10. The van der Waals surface area contributed by atoms with Crippen LogP contribution in [0.4, 0.5) is 4.39 Å². The second kappa shape index (κ2) is 7.42. The molecule has 5 nitrogen and oxygen atoms in total. The van der Waals surface area contributed by atoms with Gasteiger partial charge >= 0.3 is 0 Å². The quantitative estimate of drug-likeness (QED) is 0.762. The molecule has 0 saturated carbocycles. The molecule has 0 spiro atoms. The molecule has 112 valence electrons. The Kier molecular flexibility index (Phi) is 6.19. The van der Waals surface area contributed by atoms with E-state index >= 15 is 0 Å². The molecule has 1 amide bonds. The van der Waals surface area contributed by atoms with E-state index in [1.54, 1.807) is 6.07 Å². The second-order valence-electron chi connectivity index (χ2n) is 4.54. The summed E-state index contributed by atoms with van der Waals surface area (Å²) in [5.41, 5.74) is 0.658. The summed E-state index contributed by atoms with van der Waals surface area (Å²) in [5, 5.41) is 14.9. The van der Waals surface area contributed by atoms with Gasteiger partial charge in [0, 0.05) is 13.1 Å². The van der Waals surface area contributed by atoms with Crippen molar-refractivity contribution in [3.8, 4) is 5.75 Å². The minimum Gasteiger partial charge on any atom is -0.494 e. The lowest BCUT2D eigenvalue weighted by Crippen LogP contribution is -2.40. The zero-order valence-electron chi connectivity index (χ0n) is 11.1. The van der Waals surface area contributed by atoms with Crippen LogP contribution in [0.15, 0.2) is 18.2 Å². The van der Waals surface area contributed by atoms with Crippen LogP contribution >= 0.6 is 12.4 Å². The first-order valence-corrected chi connectivity index (χ1v) is 6.11. The van der Waals surface area contributed by atoms with Crippen molar-refractivity contribution in [2.45, 2.75) is 25.1 Å². The van der Waals surface area contributed by atoms with E-state index in [0.29, 0.717) is 18.5 Å². The van der Waals surface area contributed by atoms with Gasteiger partial charge < -0.3 is 20.5 Å². The number of hydrogen-bond acceptors (Lipinski definition) is 4. The Balaban J connectivity index is 0.00000200. The van der Waals surface area contributed by atoms with Crippen LogP contribution < -0.4 is 15.4 Å². The highest BCUT2D eigenvalue weighted by Gasteiger charge is 2.27. The van der Waals surface area contributed by atoms with Crippen LogP contribution in [-0.2, 0) is 11.3 Å². The molecule has 1 aliphatic heterocycles. The topological polar surface area (TPSA) is 70.6 Å². The molecule has 3 N–H and O–H groups in total. The lowest BCUT2D eigenvalue weighted by molar-refractivity contribution is -0.123. The normalized spacial score (nSPS) is 21.1. The Morgan fingerprint density at radius 3 is 2.90 bits per heavy atom. The molecule has 2 rings (SSSR count). The first-order valence-electron chi connectivity index (χ1n) is 6.11. The monoisotopic (exact) mass is 304 g/mol. The van der Waals surface area contributed by atoms with E-state index in [1.807, 2.05) is 0 Å². The highest BCUT2D eigenvalue weighted by molar-refractivity contribution is 5.85. The fourth-order valence-corrected chi connectivity index (χ4v) is 2.05. The van der Waals surface area contributed by atoms with Crippen molar-refractivity contribution in [3.05, 3.63) is 29.6 Å². The number of benzene rings is 1. The standard InChI is InChI=1S/C13H17FN2O3.ClH/c1-19-12-3-2-8(4-10(12)14)6-16-13(18)11-5-9(17)7-15-11;/h2-4,9,11,15,17H,5-7H2,1H3,(H,16,18);1H. The van der Waals surface area contributed by atoms with Crippen molar-refractivity contribution >= 4 is 18.3 Å². The van der Waals surface area contributed by atoms with Crippen LogP contribution in [0, 0.1) is 5.82 Å². The molecule has 20 heavy (non-hydrogen) atoms. The molecule has 0 radical (unpaired) electrons. The SMILES string of the molecule is COc1ccc(CNC(=O)C2CC(O)CN2)cc1F.Cl. The summed E-state index contributed by atoms with van der Waals surface area (Å²) in [4.78, 5) is 11.8. The van der Waals surface area contributed by atoms with E-state index in [4.69, 9.17) is 4.74 Å². The highest BCUT2D eigenvalue weighted by atomic mass is 35.5. The van der Waals surface area contributed by atoms with Crippen molar-refractivity contribution < 1.29 is 19.0 Å². The van der Waals surface area contributed by atoms with E-state index in [2.05, 4.69) is 10.6 Å². The average molecular weight is 305 g/mol. The number of aliphatic hydroxyl groups excluding tert-OH is 1. The molecular formula is C13H18ClFN2O3. The van der Waals surface area contributed by atoms with Gasteiger partial charge in [0.1, 0.15) is 0 Å². The maximum Gasteiger partial charge on any atom is 0.237 e. The van der Waals surface area contributed by atoms with Gasteiger partial charge in [0.15, 0.2) is 11.6 Å². The molecule has 0 bridgehead atoms. The fraction of sp³-hybridized carbons (Fsp3) is 0.462. The third-order valence-corrected chi connectivity index (χ3v) is 3.11. The van der Waals surface area contributed by atoms with Gasteiger partial charge in [-0.05, 0) is 24.1 Å². The van der Waals surface area contributed by atoms with E-state index in [0.717, 1.165) is 0 Å². The number of ether oxygens (including phenoxy) is 1. The molecular weight excluding hydrogens is 287 g/mol. The Morgan fingerprint density at radius 2 is 2.35 bits per heavy atom. The summed E-state index contributed by atoms with van der Waals surface area (Å²) in [7, 11) is 1.40. The predicted molar refractivity (Wildman–Crippen MR) is 74.5 cm³/mol. The van der Waals surface area contributed by atoms with E-state index in [-0.39, 0.29) is 36.7 Å². The number of amides is 1. The predicted octanol–water partition coefficient (Wildman–Crippen LogP) is 0.595. The molecule has 2 atom stereocenters. The van der Waals surface area contributed by atoms with Crippen LogP contribution in [0.3, 0.4) is 0 Å². The van der Waals surface area contributed by atoms with Gasteiger partial charge in [-0.1, -0.05) is 6.07 Å². The lowest BCUT2D eigenvalue weighted by Gasteiger charge is -2.11. The summed E-state index contributed by atoms with van der Waals surface area (Å²) in [6.07, 6.45) is -0.0720. The summed E-state index contributed by atoms with van der Waals surface area (Å²) in [5.74, 6) is -0.466. The Bertz CT molecular complexity index is 473. The van der Waals surface area contributed by atoms with Crippen molar-refractivity contribution in [3.63, 3.8) is 0 Å². The second-order valence-corrected chi connectivity index (χ2v) is 4.54. The number of rotatable bonds is 4. The summed E-state index contributed by atoms with van der Waals surface area (Å²) in [6.45, 7) is 0.670. The summed E-state index contributed by atoms with van der Waals surface area (Å²) >= 11 is 0. The minimum absolute atomic E-state index is 0. The number of hydrogen-bond donors (Lipinski definition) is 3. The molecule has 0 aromatic heterocycles. The van der Waals surface area contributed by atoms with Gasteiger partial charge in [0.25, 0.3) is 0 Å². The molecule has 2 unspecified atom stereocenters. The van der Waals surface area contributed by atoms with Crippen LogP contribution in [0.5, 0.6) is 5.75 Å². The molecule has 0 aliphatic carbocycles. The zero-order chi connectivity index (χ0) is 13.8. The van der Waals surface area contributed by atoms with Crippen molar-refractivity contribution in [1.82, 2.24) is 10.6 Å². The van der Waals surface area contributed by atoms with Crippen LogP contribution in [-0.4, -0.2) is 36.8 Å². The number of aliphatic hydroxyl groups is 1. The van der Waals surface area contributed by atoms with E-state index in [1.165, 1.54) is 19.2 Å². The molecule has 1 aromatic carbocycles. The number of carbonyl (C=O) groups excluding carboxylic acids is 1. The molecule has 1 heterocycles. The fourth-order valence-electron chi connectivity index (χ4n) is 2.05. The molecule has 1 aromatic rings. The first kappa shape index (κ1) is 16.7. The Hall–Kier alpha value is -1.37. The number of carbonyl (C=O) groups is 1. The number of halogens is 2. The zero-order valence-corrected chi connectivity index (χ0v) is 11.9. The minimum atomic E-state index is -0.478. The Labute approximate surface area is 122 Å². The van der Waals surface area contributed by atoms with Gasteiger partial charge in [-0.25, -0.2) is 4.39 Å². The van der Waals surface area contributed by atoms with Crippen LogP contribution in [0.25, 0.3) is 0 Å². The summed E-state index contributed by atoms with van der Waals surface area (Å²) in [6, 6.07) is 4.17. The largest absolute Gasteiger partial charge is 0.494 e. The van der Waals surface area contributed by atoms with Crippen molar-refractivity contribution in [2.24, 2.45) is 0 Å². The highest BCUT2D eigenvalue weighted by Crippen LogP contribution is 2.17. The van der Waals surface area contributed by atoms with E-state index < -0.39 is 11.9 Å². The van der Waals surface area contributed by atoms with Crippen molar-refractivity contribution in [2.75, 3.05) is 13.7 Å². The number of methoxy groups -OCH3 is 1. The van der Waals surface area contributed by atoms with Gasteiger partial charge in [-0.3, -0.25) is 4.79 Å². The summed E-state index contributed by atoms with van der Waals surface area (Å²) < 4.78 is 18.3. The molecule has 1 aliphatic rings. The molecule has 1 fully saturated rings.